The Kier molecular flexibility index (Phi) is 4.02. The molecule has 74 valence electrons. The van der Waals surface area contributed by atoms with Crippen molar-refractivity contribution in [3.63, 3.8) is 0 Å². The Bertz CT molecular complexity index is 281. The highest BCUT2D eigenvalue weighted by atomic mass is 32.2. The van der Waals surface area contributed by atoms with Gasteiger partial charge in [-0.05, 0) is 0 Å². The van der Waals surface area contributed by atoms with Crippen molar-refractivity contribution in [1.29, 1.82) is 0 Å². The molecule has 0 heterocycles. The molecule has 0 rings (SSSR count). The summed E-state index contributed by atoms with van der Waals surface area (Å²) in [4.78, 5) is 0. The van der Waals surface area contributed by atoms with Gasteiger partial charge in [0.15, 0.2) is 0 Å². The minimum absolute atomic E-state index is 0.505. The van der Waals surface area contributed by atoms with E-state index >= 15 is 0 Å². The molecule has 0 saturated heterocycles. The lowest BCUT2D eigenvalue weighted by Crippen LogP contribution is -2.22. The van der Waals surface area contributed by atoms with Gasteiger partial charge in [-0.15, -0.1) is 0 Å². The van der Waals surface area contributed by atoms with Crippen LogP contribution in [0.5, 0.6) is 0 Å². The molecule has 0 radical (unpaired) electrons. The average molecular weight is 220 g/mol. The van der Waals surface area contributed by atoms with Gasteiger partial charge in [0, 0.05) is 0 Å². The predicted octanol–water partition coefficient (Wildman–Crippen LogP) is -2.57. The SMILES string of the molecule is NS(=O)(=O)OCCOS(N)(=O)=O. The standard InChI is InChI=1S/C2H8N2O6S2/c3-11(5,6)9-1-2-10-12(4,7)8/h1-2H2,(H2,3,5,6)(H2,4,7,8). The Morgan fingerprint density at radius 3 is 1.25 bits per heavy atom. The highest BCUT2D eigenvalue weighted by molar-refractivity contribution is 7.84. The van der Waals surface area contributed by atoms with Gasteiger partial charge in [0.25, 0.3) is 0 Å². The molecule has 0 spiro atoms. The molecule has 4 N–H and O–H groups in total. The lowest BCUT2D eigenvalue weighted by atomic mass is 10.8. The summed E-state index contributed by atoms with van der Waals surface area (Å²) in [6.45, 7) is -1.01. The second-order valence-corrected chi connectivity index (χ2v) is 4.07. The maximum Gasteiger partial charge on any atom is 0.333 e. The van der Waals surface area contributed by atoms with Gasteiger partial charge >= 0.3 is 20.6 Å². The van der Waals surface area contributed by atoms with Crippen molar-refractivity contribution in [2.75, 3.05) is 13.2 Å². The smallest absolute Gasteiger partial charge is 0.256 e. The first-order chi connectivity index (χ1) is 5.21. The van der Waals surface area contributed by atoms with Gasteiger partial charge in [-0.1, -0.05) is 0 Å². The van der Waals surface area contributed by atoms with Crippen LogP contribution in [0, 0.1) is 0 Å². The maximum absolute atomic E-state index is 10.1. The van der Waals surface area contributed by atoms with Crippen molar-refractivity contribution in [1.82, 2.24) is 0 Å². The Labute approximate surface area is 70.0 Å². The fraction of sp³-hybridized carbons (Fsp3) is 1.00. The Morgan fingerprint density at radius 1 is 0.833 bits per heavy atom. The van der Waals surface area contributed by atoms with E-state index in [4.69, 9.17) is 0 Å². The van der Waals surface area contributed by atoms with E-state index in [1.54, 1.807) is 0 Å². The summed E-state index contributed by atoms with van der Waals surface area (Å²) in [5, 5.41) is 8.80. The molecule has 0 aliphatic carbocycles. The van der Waals surface area contributed by atoms with Crippen LogP contribution in [-0.4, -0.2) is 30.0 Å². The van der Waals surface area contributed by atoms with Crippen LogP contribution in [0.15, 0.2) is 0 Å². The zero-order valence-electron chi connectivity index (χ0n) is 5.83. The van der Waals surface area contributed by atoms with Gasteiger partial charge in [-0.3, -0.25) is 8.37 Å². The number of hydrogen-bond donors (Lipinski definition) is 2. The average Bonchev–Trinajstić information content (AvgIpc) is 1.76. The second-order valence-electron chi connectivity index (χ2n) is 1.63. The fourth-order valence-corrected chi connectivity index (χ4v) is 0.901. The zero-order valence-corrected chi connectivity index (χ0v) is 7.47. The maximum atomic E-state index is 10.1. The number of rotatable bonds is 5. The first kappa shape index (κ1) is 11.7. The van der Waals surface area contributed by atoms with Crippen LogP contribution in [0.1, 0.15) is 0 Å². The quantitative estimate of drug-likeness (QED) is 0.488. The first-order valence-electron chi connectivity index (χ1n) is 2.55. The van der Waals surface area contributed by atoms with Crippen molar-refractivity contribution in [3.8, 4) is 0 Å². The molecule has 0 aliphatic heterocycles. The Hall–Kier alpha value is -0.260. The van der Waals surface area contributed by atoms with Crippen LogP contribution < -0.4 is 10.3 Å². The van der Waals surface area contributed by atoms with Gasteiger partial charge in [0.1, 0.15) is 0 Å². The summed E-state index contributed by atoms with van der Waals surface area (Å²) < 4.78 is 48.2. The van der Waals surface area contributed by atoms with Crippen LogP contribution >= 0.6 is 0 Å². The Morgan fingerprint density at radius 2 is 1.08 bits per heavy atom. The molecule has 12 heavy (non-hydrogen) atoms. The van der Waals surface area contributed by atoms with Crippen LogP contribution in [0.4, 0.5) is 0 Å². The number of nitrogens with two attached hydrogens (primary N) is 2. The van der Waals surface area contributed by atoms with E-state index in [9.17, 15) is 16.8 Å². The lowest BCUT2D eigenvalue weighted by molar-refractivity contribution is 0.225. The molecule has 0 amide bonds. The van der Waals surface area contributed by atoms with Crippen molar-refractivity contribution >= 4 is 20.6 Å². The molecule has 0 atom stereocenters. The monoisotopic (exact) mass is 220 g/mol. The van der Waals surface area contributed by atoms with E-state index in [1.807, 2.05) is 0 Å². The minimum atomic E-state index is -4.06. The molecule has 0 aromatic rings. The normalized spacial score (nSPS) is 13.2. The van der Waals surface area contributed by atoms with Crippen LogP contribution in [0.3, 0.4) is 0 Å². The zero-order chi connectivity index (χ0) is 9.83. The van der Waals surface area contributed by atoms with Crippen molar-refractivity contribution in [2.45, 2.75) is 0 Å². The van der Waals surface area contributed by atoms with Gasteiger partial charge in [-0.25, -0.2) is 10.3 Å². The van der Waals surface area contributed by atoms with Gasteiger partial charge < -0.3 is 0 Å². The third-order valence-electron chi connectivity index (χ3n) is 0.579. The summed E-state index contributed by atoms with van der Waals surface area (Å²) in [6, 6.07) is 0. The largest absolute Gasteiger partial charge is 0.333 e. The number of hydrogen-bond acceptors (Lipinski definition) is 6. The van der Waals surface area contributed by atoms with Crippen LogP contribution in [0.25, 0.3) is 0 Å². The highest BCUT2D eigenvalue weighted by Crippen LogP contribution is 1.85. The topological polar surface area (TPSA) is 139 Å². The molecule has 0 fully saturated rings. The third-order valence-corrected chi connectivity index (χ3v) is 1.57. The first-order valence-corrected chi connectivity index (χ1v) is 5.49. The van der Waals surface area contributed by atoms with E-state index in [1.165, 1.54) is 0 Å². The van der Waals surface area contributed by atoms with E-state index in [0.717, 1.165) is 0 Å². The molecule has 8 nitrogen and oxygen atoms in total. The molecule has 10 heteroatoms. The van der Waals surface area contributed by atoms with Gasteiger partial charge in [0.2, 0.25) is 0 Å². The summed E-state index contributed by atoms with van der Waals surface area (Å²) in [7, 11) is -8.11. The van der Waals surface area contributed by atoms with Crippen LogP contribution in [-0.2, 0) is 29.0 Å². The van der Waals surface area contributed by atoms with E-state index in [2.05, 4.69) is 18.6 Å². The Balaban J connectivity index is 3.62. The molecular formula is C2H8N2O6S2. The summed E-state index contributed by atoms with van der Waals surface area (Å²) in [6.07, 6.45) is 0. The van der Waals surface area contributed by atoms with Crippen molar-refractivity contribution < 1.29 is 25.2 Å². The molecule has 0 saturated carbocycles. The molecule has 0 aliphatic rings. The lowest BCUT2D eigenvalue weighted by Gasteiger charge is -1.99. The van der Waals surface area contributed by atoms with E-state index in [0.29, 0.717) is 0 Å². The molecular weight excluding hydrogens is 212 g/mol. The minimum Gasteiger partial charge on any atom is -0.256 e. The summed E-state index contributed by atoms with van der Waals surface area (Å²) >= 11 is 0. The van der Waals surface area contributed by atoms with E-state index < -0.39 is 33.8 Å². The predicted molar refractivity (Wildman–Crippen MR) is 38.1 cm³/mol. The van der Waals surface area contributed by atoms with Gasteiger partial charge in [-0.2, -0.15) is 16.8 Å². The summed E-state index contributed by atoms with van der Waals surface area (Å²) in [5.41, 5.74) is 0. The second kappa shape index (κ2) is 4.11. The third kappa shape index (κ3) is 9.74. The van der Waals surface area contributed by atoms with Crippen molar-refractivity contribution in [2.24, 2.45) is 10.3 Å². The molecule has 0 aromatic heterocycles. The van der Waals surface area contributed by atoms with E-state index in [-0.39, 0.29) is 0 Å². The molecule has 0 bridgehead atoms. The summed E-state index contributed by atoms with van der Waals surface area (Å²) in [5.74, 6) is 0. The van der Waals surface area contributed by atoms with Crippen LogP contribution in [0.2, 0.25) is 0 Å². The fourth-order valence-electron chi connectivity index (χ4n) is 0.300. The highest BCUT2D eigenvalue weighted by Gasteiger charge is 2.04. The van der Waals surface area contributed by atoms with Crippen molar-refractivity contribution in [3.05, 3.63) is 0 Å². The van der Waals surface area contributed by atoms with Gasteiger partial charge in [0.05, 0.1) is 13.2 Å². The molecule has 0 aromatic carbocycles. The molecule has 0 unspecified atom stereocenters.